The van der Waals surface area contributed by atoms with Gasteiger partial charge in [0.1, 0.15) is 0 Å². The highest BCUT2D eigenvalue weighted by Crippen LogP contribution is 2.47. The second-order valence-electron chi connectivity index (χ2n) is 8.15. The molecule has 1 aliphatic carbocycles. The summed E-state index contributed by atoms with van der Waals surface area (Å²) in [6.45, 7) is 10.1. The number of fused-ring (bicyclic) bond motifs is 2. The molecule has 4 rings (SSSR count). The summed E-state index contributed by atoms with van der Waals surface area (Å²) in [5, 5.41) is 0.882. The zero-order valence-electron chi connectivity index (χ0n) is 15.8. The Bertz CT molecular complexity index is 961. The van der Waals surface area contributed by atoms with Crippen LogP contribution in [0.15, 0.2) is 35.6 Å². The number of nitrogens with zero attached hydrogens (tertiary/aromatic N) is 2. The molecule has 2 aromatic heterocycles. The highest BCUT2D eigenvalue weighted by Gasteiger charge is 2.50. The van der Waals surface area contributed by atoms with E-state index in [4.69, 9.17) is 4.98 Å². The second-order valence-corrected chi connectivity index (χ2v) is 9.12. The van der Waals surface area contributed by atoms with E-state index in [0.717, 1.165) is 44.3 Å². The number of hydrogen-bond donors (Lipinski definition) is 1. The minimum absolute atomic E-state index is 0.271. The summed E-state index contributed by atoms with van der Waals surface area (Å²) in [7, 11) is 0. The predicted octanol–water partition coefficient (Wildman–Crippen LogP) is 4.70. The lowest BCUT2D eigenvalue weighted by atomic mass is 9.80. The molecule has 1 aromatic carbocycles. The summed E-state index contributed by atoms with van der Waals surface area (Å²) in [6.07, 6.45) is 1.89. The van der Waals surface area contributed by atoms with Crippen molar-refractivity contribution in [3.8, 4) is 0 Å². The number of aryl methyl sites for hydroxylation is 1. The van der Waals surface area contributed by atoms with Gasteiger partial charge in [-0.1, -0.05) is 17.8 Å². The first kappa shape index (κ1) is 17.3. The molecule has 0 amide bonds. The molecule has 0 bridgehead atoms. The van der Waals surface area contributed by atoms with E-state index in [1.165, 1.54) is 0 Å². The van der Waals surface area contributed by atoms with Crippen LogP contribution in [-0.2, 0) is 21.4 Å². The summed E-state index contributed by atoms with van der Waals surface area (Å²) in [5.74, 6) is 1.04. The van der Waals surface area contributed by atoms with E-state index in [1.807, 2.05) is 40.8 Å². The maximum Gasteiger partial charge on any atom is 0.166 e. The lowest BCUT2D eigenvalue weighted by Crippen LogP contribution is -2.33. The van der Waals surface area contributed by atoms with Crippen molar-refractivity contribution in [3.05, 3.63) is 52.8 Å². The molecular formula is C21H23N3OS. The number of rotatable bonds is 3. The number of ketones is 1. The number of Topliss-reactive ketones (excluding diaryl/α,β-unsaturated/α-hetero) is 1. The summed E-state index contributed by atoms with van der Waals surface area (Å²) in [6, 6.07) is 8.32. The van der Waals surface area contributed by atoms with E-state index >= 15 is 0 Å². The molecule has 0 unspecified atom stereocenters. The summed E-state index contributed by atoms with van der Waals surface area (Å²) < 4.78 is 0. The van der Waals surface area contributed by atoms with Crippen LogP contribution in [0.1, 0.15) is 50.1 Å². The van der Waals surface area contributed by atoms with E-state index < -0.39 is 10.8 Å². The van der Waals surface area contributed by atoms with Gasteiger partial charge >= 0.3 is 0 Å². The molecule has 0 saturated carbocycles. The Hall–Kier alpha value is -2.14. The largest absolute Gasteiger partial charge is 0.333 e. The first-order valence-electron chi connectivity index (χ1n) is 8.83. The first-order chi connectivity index (χ1) is 12.2. The number of carbonyl (C=O) groups is 1. The van der Waals surface area contributed by atoms with Gasteiger partial charge in [-0.05, 0) is 69.5 Å². The van der Waals surface area contributed by atoms with Crippen molar-refractivity contribution in [1.29, 1.82) is 0 Å². The Balaban J connectivity index is 1.67. The first-order valence-corrected chi connectivity index (χ1v) is 9.82. The molecule has 4 nitrogen and oxygen atoms in total. The minimum Gasteiger partial charge on any atom is -0.333 e. The van der Waals surface area contributed by atoms with Gasteiger partial charge in [0, 0.05) is 22.8 Å². The molecule has 0 spiro atoms. The van der Waals surface area contributed by atoms with Crippen LogP contribution in [0.3, 0.4) is 0 Å². The monoisotopic (exact) mass is 365 g/mol. The fourth-order valence-corrected chi connectivity index (χ4v) is 4.69. The van der Waals surface area contributed by atoms with Gasteiger partial charge in [0.05, 0.1) is 16.7 Å². The van der Waals surface area contributed by atoms with Crippen molar-refractivity contribution in [3.63, 3.8) is 0 Å². The lowest BCUT2D eigenvalue weighted by Gasteiger charge is -2.21. The number of H-pyrrole nitrogens is 1. The van der Waals surface area contributed by atoms with Crippen LogP contribution in [0.25, 0.3) is 11.0 Å². The number of aromatic amines is 1. The second kappa shape index (κ2) is 5.68. The highest BCUT2D eigenvalue weighted by molar-refractivity contribution is 7.98. The summed E-state index contributed by atoms with van der Waals surface area (Å²) in [5.41, 5.74) is 5.39. The number of imidazole rings is 1. The van der Waals surface area contributed by atoms with E-state index in [1.54, 1.807) is 11.8 Å². The molecular weight excluding hydrogens is 342 g/mol. The van der Waals surface area contributed by atoms with Crippen molar-refractivity contribution in [2.45, 2.75) is 56.4 Å². The Labute approximate surface area is 157 Å². The molecule has 1 aliphatic rings. The highest BCUT2D eigenvalue weighted by atomic mass is 32.2. The molecule has 0 atom stereocenters. The summed E-state index contributed by atoms with van der Waals surface area (Å²) >= 11 is 1.65. The molecule has 2 heterocycles. The maximum atomic E-state index is 12.8. The van der Waals surface area contributed by atoms with E-state index in [0.29, 0.717) is 0 Å². The van der Waals surface area contributed by atoms with E-state index in [-0.39, 0.29) is 5.78 Å². The van der Waals surface area contributed by atoms with Crippen LogP contribution in [-0.4, -0.2) is 20.7 Å². The molecule has 134 valence electrons. The van der Waals surface area contributed by atoms with Gasteiger partial charge < -0.3 is 4.98 Å². The third-order valence-electron chi connectivity index (χ3n) is 5.41. The molecule has 0 fully saturated rings. The van der Waals surface area contributed by atoms with Crippen molar-refractivity contribution in [2.75, 3.05) is 0 Å². The standard InChI is InChI=1S/C21H23N3OS/c1-12-6-7-13(22-10-12)11-26-19-23-16-8-14-15(9-17(16)24-19)21(4,5)18(25)20(14,2)3/h6-10H,11H2,1-5H3,(H,23,24). The Morgan fingerprint density at radius 3 is 2.42 bits per heavy atom. The molecule has 0 aliphatic heterocycles. The number of pyridine rings is 1. The number of carbonyl (C=O) groups excluding carboxylic acids is 1. The average Bonchev–Trinajstić information content (AvgIpc) is 3.05. The van der Waals surface area contributed by atoms with Gasteiger partial charge in [0.25, 0.3) is 0 Å². The van der Waals surface area contributed by atoms with Crippen LogP contribution in [0.5, 0.6) is 0 Å². The van der Waals surface area contributed by atoms with Gasteiger partial charge in [0.15, 0.2) is 10.9 Å². The Morgan fingerprint density at radius 2 is 1.77 bits per heavy atom. The van der Waals surface area contributed by atoms with Gasteiger partial charge in [-0.2, -0.15) is 0 Å². The predicted molar refractivity (Wildman–Crippen MR) is 106 cm³/mol. The van der Waals surface area contributed by atoms with Crippen molar-refractivity contribution < 1.29 is 4.79 Å². The SMILES string of the molecule is Cc1ccc(CSc2nc3cc4c(cc3[nH]2)C(C)(C)C(=O)C4(C)C)nc1. The maximum absolute atomic E-state index is 12.8. The third kappa shape index (κ3) is 2.57. The van der Waals surface area contributed by atoms with E-state index in [2.05, 4.69) is 34.2 Å². The Kier molecular flexibility index (Phi) is 3.77. The fraction of sp³-hybridized carbons (Fsp3) is 0.381. The van der Waals surface area contributed by atoms with Gasteiger partial charge in [0.2, 0.25) is 0 Å². The van der Waals surface area contributed by atoms with Gasteiger partial charge in [-0.15, -0.1) is 0 Å². The van der Waals surface area contributed by atoms with Crippen molar-refractivity contribution in [2.24, 2.45) is 0 Å². The zero-order chi connectivity index (χ0) is 18.7. The van der Waals surface area contributed by atoms with E-state index in [9.17, 15) is 4.79 Å². The smallest absolute Gasteiger partial charge is 0.166 e. The van der Waals surface area contributed by atoms with Crippen LogP contribution >= 0.6 is 11.8 Å². The minimum atomic E-state index is -0.467. The lowest BCUT2D eigenvalue weighted by molar-refractivity contribution is -0.126. The molecule has 1 N–H and O–H groups in total. The van der Waals surface area contributed by atoms with Crippen LogP contribution in [0.4, 0.5) is 0 Å². The summed E-state index contributed by atoms with van der Waals surface area (Å²) in [4.78, 5) is 25.4. The van der Waals surface area contributed by atoms with Gasteiger partial charge in [-0.3, -0.25) is 9.78 Å². The average molecular weight is 366 g/mol. The molecule has 3 aromatic rings. The third-order valence-corrected chi connectivity index (χ3v) is 6.32. The van der Waals surface area contributed by atoms with Crippen LogP contribution in [0, 0.1) is 6.92 Å². The van der Waals surface area contributed by atoms with Crippen LogP contribution in [0.2, 0.25) is 0 Å². The molecule has 26 heavy (non-hydrogen) atoms. The molecule has 0 saturated heterocycles. The quantitative estimate of drug-likeness (QED) is 0.684. The Morgan fingerprint density at radius 1 is 1.08 bits per heavy atom. The normalized spacial score (nSPS) is 17.7. The van der Waals surface area contributed by atoms with Crippen molar-refractivity contribution in [1.82, 2.24) is 15.0 Å². The number of hydrogen-bond acceptors (Lipinski definition) is 4. The molecule has 0 radical (unpaired) electrons. The number of benzene rings is 1. The van der Waals surface area contributed by atoms with Crippen molar-refractivity contribution >= 4 is 28.6 Å². The van der Waals surface area contributed by atoms with Gasteiger partial charge in [-0.25, -0.2) is 4.98 Å². The fourth-order valence-electron chi connectivity index (χ4n) is 3.89. The number of thioether (sulfide) groups is 1. The number of aromatic nitrogens is 3. The number of nitrogens with one attached hydrogen (secondary N) is 1. The van der Waals surface area contributed by atoms with Crippen LogP contribution < -0.4 is 0 Å². The zero-order valence-corrected chi connectivity index (χ0v) is 16.6. The molecule has 5 heteroatoms. The topological polar surface area (TPSA) is 58.6 Å².